The maximum atomic E-state index is 11.8. The Bertz CT molecular complexity index is 508. The Kier molecular flexibility index (Phi) is 5.88. The number of amides is 1. The fourth-order valence-corrected chi connectivity index (χ4v) is 2.82. The molecule has 0 bridgehead atoms. The fourth-order valence-electron chi connectivity index (χ4n) is 2.82. The van der Waals surface area contributed by atoms with E-state index in [1.165, 1.54) is 5.69 Å². The topological polar surface area (TPSA) is 61.8 Å². The zero-order chi connectivity index (χ0) is 16.9. The number of aliphatic hydroxyl groups excluding tert-OH is 1. The summed E-state index contributed by atoms with van der Waals surface area (Å²) in [7, 11) is 0. The number of carbonyl (C=O) groups excluding carboxylic acids is 1. The summed E-state index contributed by atoms with van der Waals surface area (Å²) in [5.74, 6) is 0.425. The predicted molar refractivity (Wildman–Crippen MR) is 91.5 cm³/mol. The first-order valence-corrected chi connectivity index (χ1v) is 8.29. The maximum Gasteiger partial charge on any atom is 0.407 e. The molecule has 0 aromatic heterocycles. The molecule has 1 aliphatic heterocycles. The molecule has 1 amide bonds. The molecule has 1 aromatic rings. The molecule has 128 valence electrons. The number of ether oxygens (including phenoxy) is 1. The smallest absolute Gasteiger partial charge is 0.407 e. The molecule has 0 saturated carbocycles. The fraction of sp³-hybridized carbons (Fsp3) is 0.611. The standard InChI is InChI=1S/C18H28N2O3/c1-18(2,3)23-17(22)19-11-15-5-4-10-20(12-15)16-8-6-14(13-21)7-9-16/h6-9,15,21H,4-5,10-13H2,1-3H3,(H,19,22)/t15-/m1/s1. The van der Waals surface area contributed by atoms with Gasteiger partial charge in [0.1, 0.15) is 5.60 Å². The van der Waals surface area contributed by atoms with Gasteiger partial charge < -0.3 is 20.1 Å². The highest BCUT2D eigenvalue weighted by molar-refractivity contribution is 5.67. The van der Waals surface area contributed by atoms with E-state index in [0.29, 0.717) is 12.5 Å². The molecule has 1 saturated heterocycles. The van der Waals surface area contributed by atoms with E-state index < -0.39 is 5.60 Å². The second kappa shape index (κ2) is 7.68. The van der Waals surface area contributed by atoms with Gasteiger partial charge in [0.2, 0.25) is 0 Å². The zero-order valence-corrected chi connectivity index (χ0v) is 14.3. The van der Waals surface area contributed by atoms with Crippen molar-refractivity contribution in [2.75, 3.05) is 24.5 Å². The van der Waals surface area contributed by atoms with Gasteiger partial charge in [-0.25, -0.2) is 4.79 Å². The summed E-state index contributed by atoms with van der Waals surface area (Å²) in [6.07, 6.45) is 1.88. The minimum absolute atomic E-state index is 0.0721. The Balaban J connectivity index is 1.84. The van der Waals surface area contributed by atoms with Crippen LogP contribution in [-0.4, -0.2) is 36.4 Å². The van der Waals surface area contributed by atoms with Crippen LogP contribution >= 0.6 is 0 Å². The highest BCUT2D eigenvalue weighted by Crippen LogP contribution is 2.23. The summed E-state index contributed by atoms with van der Waals surface area (Å²) in [5, 5.41) is 12.0. The van der Waals surface area contributed by atoms with Crippen molar-refractivity contribution < 1.29 is 14.6 Å². The number of anilines is 1. The molecule has 1 aliphatic rings. The van der Waals surface area contributed by atoms with E-state index in [2.05, 4.69) is 22.3 Å². The quantitative estimate of drug-likeness (QED) is 0.895. The van der Waals surface area contributed by atoms with Crippen molar-refractivity contribution in [3.63, 3.8) is 0 Å². The molecular formula is C18H28N2O3. The molecule has 2 N–H and O–H groups in total. The van der Waals surface area contributed by atoms with Crippen LogP contribution in [0.2, 0.25) is 0 Å². The lowest BCUT2D eigenvalue weighted by molar-refractivity contribution is 0.0517. The molecule has 0 unspecified atom stereocenters. The number of alkyl carbamates (subject to hydrolysis) is 1. The molecule has 2 rings (SSSR count). The van der Waals surface area contributed by atoms with Gasteiger partial charge in [-0.2, -0.15) is 0 Å². The second-order valence-corrected chi connectivity index (χ2v) is 7.16. The number of hydrogen-bond acceptors (Lipinski definition) is 4. The Morgan fingerprint density at radius 3 is 2.65 bits per heavy atom. The van der Waals surface area contributed by atoms with Gasteiger partial charge >= 0.3 is 6.09 Å². The number of carbonyl (C=O) groups is 1. The lowest BCUT2D eigenvalue weighted by atomic mass is 9.97. The first-order chi connectivity index (χ1) is 10.9. The van der Waals surface area contributed by atoms with E-state index in [0.717, 1.165) is 31.5 Å². The van der Waals surface area contributed by atoms with Crippen LogP contribution < -0.4 is 10.2 Å². The number of hydrogen-bond donors (Lipinski definition) is 2. The van der Waals surface area contributed by atoms with E-state index in [-0.39, 0.29) is 12.7 Å². The van der Waals surface area contributed by atoms with Gasteiger partial charge in [0, 0.05) is 25.3 Å². The number of rotatable bonds is 4. The van der Waals surface area contributed by atoms with Crippen LogP contribution in [0.15, 0.2) is 24.3 Å². The molecule has 5 heteroatoms. The number of aliphatic hydroxyl groups is 1. The van der Waals surface area contributed by atoms with Crippen LogP contribution in [0.5, 0.6) is 0 Å². The third-order valence-corrected chi connectivity index (χ3v) is 3.94. The van der Waals surface area contributed by atoms with Gasteiger partial charge in [-0.15, -0.1) is 0 Å². The van der Waals surface area contributed by atoms with E-state index in [4.69, 9.17) is 9.84 Å². The van der Waals surface area contributed by atoms with Gasteiger partial charge in [0.05, 0.1) is 6.61 Å². The normalized spacial score (nSPS) is 18.6. The Morgan fingerprint density at radius 2 is 2.04 bits per heavy atom. The minimum Gasteiger partial charge on any atom is -0.444 e. The number of nitrogens with zero attached hydrogens (tertiary/aromatic N) is 1. The van der Waals surface area contributed by atoms with Crippen molar-refractivity contribution in [3.8, 4) is 0 Å². The SMILES string of the molecule is CC(C)(C)OC(=O)NC[C@H]1CCCN(c2ccc(CO)cc2)C1. The summed E-state index contributed by atoms with van der Waals surface area (Å²) in [4.78, 5) is 14.1. The summed E-state index contributed by atoms with van der Waals surface area (Å²) >= 11 is 0. The van der Waals surface area contributed by atoms with Gasteiger partial charge in [0.15, 0.2) is 0 Å². The van der Waals surface area contributed by atoms with Crippen molar-refractivity contribution in [2.45, 2.75) is 45.8 Å². The maximum absolute atomic E-state index is 11.8. The highest BCUT2D eigenvalue weighted by atomic mass is 16.6. The molecule has 0 aliphatic carbocycles. The molecule has 0 radical (unpaired) electrons. The van der Waals surface area contributed by atoms with E-state index in [1.807, 2.05) is 32.9 Å². The minimum atomic E-state index is -0.461. The van der Waals surface area contributed by atoms with Crippen LogP contribution in [-0.2, 0) is 11.3 Å². The largest absolute Gasteiger partial charge is 0.444 e. The van der Waals surface area contributed by atoms with E-state index in [1.54, 1.807) is 0 Å². The Morgan fingerprint density at radius 1 is 1.35 bits per heavy atom. The molecule has 1 atom stereocenters. The third kappa shape index (κ3) is 5.75. The number of piperidine rings is 1. The average molecular weight is 320 g/mol. The molecule has 1 aromatic carbocycles. The van der Waals surface area contributed by atoms with Gasteiger partial charge in [-0.05, 0) is 57.2 Å². The van der Waals surface area contributed by atoms with Crippen LogP contribution in [0.25, 0.3) is 0 Å². The first kappa shape index (κ1) is 17.6. The predicted octanol–water partition coefficient (Wildman–Crippen LogP) is 2.92. The van der Waals surface area contributed by atoms with Crippen molar-refractivity contribution in [1.29, 1.82) is 0 Å². The van der Waals surface area contributed by atoms with Crippen molar-refractivity contribution in [3.05, 3.63) is 29.8 Å². The monoisotopic (exact) mass is 320 g/mol. The summed E-state index contributed by atoms with van der Waals surface area (Å²) in [5.41, 5.74) is 1.63. The lowest BCUT2D eigenvalue weighted by Gasteiger charge is -2.34. The van der Waals surface area contributed by atoms with Crippen LogP contribution in [0, 0.1) is 5.92 Å². The average Bonchev–Trinajstić information content (AvgIpc) is 2.52. The number of nitrogens with one attached hydrogen (secondary N) is 1. The third-order valence-electron chi connectivity index (χ3n) is 3.94. The molecule has 5 nitrogen and oxygen atoms in total. The van der Waals surface area contributed by atoms with Gasteiger partial charge in [-0.3, -0.25) is 0 Å². The lowest BCUT2D eigenvalue weighted by Crippen LogP contribution is -2.42. The molecule has 0 spiro atoms. The first-order valence-electron chi connectivity index (χ1n) is 8.29. The second-order valence-electron chi connectivity index (χ2n) is 7.16. The van der Waals surface area contributed by atoms with Crippen LogP contribution in [0.1, 0.15) is 39.2 Å². The van der Waals surface area contributed by atoms with Crippen molar-refractivity contribution >= 4 is 11.8 Å². The molecule has 23 heavy (non-hydrogen) atoms. The highest BCUT2D eigenvalue weighted by Gasteiger charge is 2.22. The van der Waals surface area contributed by atoms with Crippen LogP contribution in [0.4, 0.5) is 10.5 Å². The molecule has 1 heterocycles. The van der Waals surface area contributed by atoms with E-state index in [9.17, 15) is 4.79 Å². The summed E-state index contributed by atoms with van der Waals surface area (Å²) in [6.45, 7) is 8.26. The van der Waals surface area contributed by atoms with Crippen molar-refractivity contribution in [1.82, 2.24) is 5.32 Å². The van der Waals surface area contributed by atoms with Gasteiger partial charge in [-0.1, -0.05) is 12.1 Å². The summed E-state index contributed by atoms with van der Waals surface area (Å²) in [6, 6.07) is 8.01. The Labute approximate surface area is 138 Å². The summed E-state index contributed by atoms with van der Waals surface area (Å²) < 4.78 is 5.28. The van der Waals surface area contributed by atoms with E-state index >= 15 is 0 Å². The van der Waals surface area contributed by atoms with Gasteiger partial charge in [0.25, 0.3) is 0 Å². The Hall–Kier alpha value is -1.75. The molecule has 1 fully saturated rings. The van der Waals surface area contributed by atoms with Crippen molar-refractivity contribution in [2.24, 2.45) is 5.92 Å². The molecular weight excluding hydrogens is 292 g/mol. The zero-order valence-electron chi connectivity index (χ0n) is 14.3. The number of benzene rings is 1. The van der Waals surface area contributed by atoms with Crippen LogP contribution in [0.3, 0.4) is 0 Å².